The summed E-state index contributed by atoms with van der Waals surface area (Å²) in [7, 11) is 0. The van der Waals surface area contributed by atoms with Crippen LogP contribution in [0.5, 0.6) is 0 Å². The molecule has 0 saturated carbocycles. The molecule has 3 N–H and O–H groups in total. The quantitative estimate of drug-likeness (QED) is 0.484. The Kier molecular flexibility index (Phi) is 4.85. The number of hydrogen-bond acceptors (Lipinski definition) is 5. The van der Waals surface area contributed by atoms with Crippen LogP contribution in [-0.2, 0) is 0 Å². The smallest absolute Gasteiger partial charge is 0.281 e. The van der Waals surface area contributed by atoms with Gasteiger partial charge in [-0.05, 0) is 31.2 Å². The third kappa shape index (κ3) is 3.33. The van der Waals surface area contributed by atoms with Gasteiger partial charge in [0.1, 0.15) is 17.2 Å². The fourth-order valence-corrected chi connectivity index (χ4v) is 3.44. The summed E-state index contributed by atoms with van der Waals surface area (Å²) in [6.45, 7) is 9.08. The molecule has 1 unspecified atom stereocenters. The van der Waals surface area contributed by atoms with Gasteiger partial charge in [0.25, 0.3) is 5.56 Å². The Labute approximate surface area is 175 Å². The number of nitrogens with one attached hydrogen (secondary N) is 1. The maximum atomic E-state index is 13.9. The van der Waals surface area contributed by atoms with Crippen LogP contribution in [0, 0.1) is 12.4 Å². The number of benzene rings is 1. The van der Waals surface area contributed by atoms with Gasteiger partial charge < -0.3 is 15.5 Å². The second kappa shape index (κ2) is 7.50. The van der Waals surface area contributed by atoms with Gasteiger partial charge in [0, 0.05) is 18.6 Å². The van der Waals surface area contributed by atoms with Crippen molar-refractivity contribution in [1.82, 2.24) is 18.9 Å². The van der Waals surface area contributed by atoms with Crippen molar-refractivity contribution in [1.29, 1.82) is 0 Å². The molecule has 0 aliphatic rings. The number of nitrogens with zero attached hydrogens (tertiary/aromatic N) is 5. The monoisotopic (exact) mass is 423 g/mol. The molecule has 0 saturated heterocycles. The Hall–Kier alpha value is -3.90. The van der Waals surface area contributed by atoms with Crippen molar-refractivity contribution in [3.63, 3.8) is 0 Å². The van der Waals surface area contributed by atoms with E-state index in [1.807, 2.05) is 0 Å². The van der Waals surface area contributed by atoms with Crippen LogP contribution < -0.4 is 16.6 Å². The minimum Gasteiger partial charge on any atom is -0.371 e. The molecule has 3 aromatic heterocycles. The fraction of sp³-hybridized carbons (Fsp3) is 0.100. The average Bonchev–Trinajstić information content (AvgIpc) is 3.09. The molecule has 1 aromatic carbocycles. The van der Waals surface area contributed by atoms with E-state index in [0.29, 0.717) is 11.4 Å². The number of nitrogen functional groups attached to an aromatic ring is 1. The van der Waals surface area contributed by atoms with Crippen LogP contribution in [0.3, 0.4) is 0 Å². The van der Waals surface area contributed by atoms with Crippen molar-refractivity contribution >= 4 is 34.6 Å². The first-order chi connectivity index (χ1) is 14.4. The number of hydrogen-bond donors (Lipinski definition) is 2. The molecular weight excluding hydrogens is 409 g/mol. The zero-order chi connectivity index (χ0) is 21.4. The van der Waals surface area contributed by atoms with Gasteiger partial charge in [-0.2, -0.15) is 0 Å². The number of halogens is 2. The van der Waals surface area contributed by atoms with Gasteiger partial charge in [-0.25, -0.2) is 19.2 Å². The lowest BCUT2D eigenvalue weighted by molar-refractivity contribution is 0.625. The van der Waals surface area contributed by atoms with Gasteiger partial charge in [0.05, 0.1) is 29.0 Å². The minimum atomic E-state index is -0.513. The zero-order valence-corrected chi connectivity index (χ0v) is 16.4. The van der Waals surface area contributed by atoms with Gasteiger partial charge >= 0.3 is 0 Å². The molecule has 3 heterocycles. The van der Waals surface area contributed by atoms with Crippen LogP contribution in [0.4, 0.5) is 21.8 Å². The standard InChI is InChI=1S/C20H15ClFN7O/c1-11(26-18-15(24-2)9-25-20(23)27-18)16-10-28-7-6-14(21)17(28)19(30)29(16)13-5-3-4-12(22)8-13/h3-11H,1H3,(H3,23,25,26,27). The highest BCUT2D eigenvalue weighted by molar-refractivity contribution is 6.33. The molecule has 0 spiro atoms. The Morgan fingerprint density at radius 3 is 2.90 bits per heavy atom. The summed E-state index contributed by atoms with van der Waals surface area (Å²) in [5, 5.41) is 3.39. The summed E-state index contributed by atoms with van der Waals surface area (Å²) in [4.78, 5) is 24.6. The maximum absolute atomic E-state index is 13.9. The van der Waals surface area contributed by atoms with Gasteiger partial charge in [-0.1, -0.05) is 17.7 Å². The van der Waals surface area contributed by atoms with Gasteiger partial charge in [0.2, 0.25) is 11.6 Å². The van der Waals surface area contributed by atoms with Crippen molar-refractivity contribution in [3.8, 4) is 5.69 Å². The molecule has 150 valence electrons. The maximum Gasteiger partial charge on any atom is 0.281 e. The van der Waals surface area contributed by atoms with Crippen molar-refractivity contribution in [2.45, 2.75) is 13.0 Å². The number of aromatic nitrogens is 4. The second-order valence-corrected chi connectivity index (χ2v) is 6.94. The fourth-order valence-electron chi connectivity index (χ4n) is 3.21. The van der Waals surface area contributed by atoms with E-state index in [1.54, 1.807) is 35.9 Å². The molecule has 10 heteroatoms. The lowest BCUT2D eigenvalue weighted by Gasteiger charge is -2.21. The third-order valence-corrected chi connectivity index (χ3v) is 4.88. The molecular formula is C20H15ClFN7O. The highest BCUT2D eigenvalue weighted by Gasteiger charge is 2.20. The predicted molar refractivity (Wildman–Crippen MR) is 113 cm³/mol. The zero-order valence-electron chi connectivity index (χ0n) is 15.7. The molecule has 0 aliphatic heterocycles. The van der Waals surface area contributed by atoms with Crippen LogP contribution >= 0.6 is 11.6 Å². The lowest BCUT2D eigenvalue weighted by Crippen LogP contribution is -2.27. The molecule has 0 aliphatic carbocycles. The Morgan fingerprint density at radius 1 is 1.37 bits per heavy atom. The Bertz CT molecular complexity index is 1370. The van der Waals surface area contributed by atoms with Gasteiger partial charge in [-0.3, -0.25) is 9.36 Å². The van der Waals surface area contributed by atoms with E-state index in [-0.39, 0.29) is 28.0 Å². The van der Waals surface area contributed by atoms with E-state index in [1.165, 1.54) is 29.0 Å². The summed E-state index contributed by atoms with van der Waals surface area (Å²) in [6.07, 6.45) is 4.70. The number of nitrogens with two attached hydrogens (primary N) is 1. The van der Waals surface area contributed by atoms with Crippen molar-refractivity contribution in [2.24, 2.45) is 0 Å². The first-order valence-corrected chi connectivity index (χ1v) is 9.21. The van der Waals surface area contributed by atoms with E-state index >= 15 is 0 Å². The first-order valence-electron chi connectivity index (χ1n) is 8.83. The van der Waals surface area contributed by atoms with Gasteiger partial charge in [-0.15, -0.1) is 0 Å². The molecule has 0 radical (unpaired) electrons. The van der Waals surface area contributed by atoms with Crippen LogP contribution in [-0.4, -0.2) is 18.9 Å². The van der Waals surface area contributed by atoms with Crippen LogP contribution in [0.1, 0.15) is 18.7 Å². The average molecular weight is 424 g/mol. The highest BCUT2D eigenvalue weighted by Crippen LogP contribution is 2.28. The van der Waals surface area contributed by atoms with E-state index < -0.39 is 17.4 Å². The highest BCUT2D eigenvalue weighted by atomic mass is 35.5. The summed E-state index contributed by atoms with van der Waals surface area (Å²) in [5.74, 6) is -0.243. The van der Waals surface area contributed by atoms with E-state index in [2.05, 4.69) is 20.1 Å². The minimum absolute atomic E-state index is 0.00673. The molecule has 8 nitrogen and oxygen atoms in total. The first kappa shape index (κ1) is 19.4. The second-order valence-electron chi connectivity index (χ2n) is 6.53. The number of fused-ring (bicyclic) bond motifs is 1. The normalized spacial score (nSPS) is 11.9. The van der Waals surface area contributed by atoms with Crippen molar-refractivity contribution < 1.29 is 4.39 Å². The summed E-state index contributed by atoms with van der Waals surface area (Å²) >= 11 is 6.20. The SMILES string of the molecule is [C-]#[N+]c1cnc(N)nc1NC(C)c1cn2ccc(Cl)c2c(=O)n1-c1cccc(F)c1. The summed E-state index contributed by atoms with van der Waals surface area (Å²) in [6, 6.07) is 6.80. The molecule has 30 heavy (non-hydrogen) atoms. The number of anilines is 2. The molecule has 0 fully saturated rings. The largest absolute Gasteiger partial charge is 0.371 e. The summed E-state index contributed by atoms with van der Waals surface area (Å²) < 4.78 is 16.9. The lowest BCUT2D eigenvalue weighted by atomic mass is 10.2. The molecule has 4 aromatic rings. The van der Waals surface area contributed by atoms with Crippen LogP contribution in [0.25, 0.3) is 16.0 Å². The molecule has 1 atom stereocenters. The van der Waals surface area contributed by atoms with E-state index in [4.69, 9.17) is 23.9 Å². The van der Waals surface area contributed by atoms with Crippen LogP contribution in [0.2, 0.25) is 5.02 Å². The Morgan fingerprint density at radius 2 is 2.17 bits per heavy atom. The number of rotatable bonds is 4. The topological polar surface area (TPSA) is 94.6 Å². The Balaban J connectivity index is 1.92. The van der Waals surface area contributed by atoms with Crippen molar-refractivity contribution in [2.75, 3.05) is 11.1 Å². The summed E-state index contributed by atoms with van der Waals surface area (Å²) in [5.41, 5.74) is 6.54. The molecule has 0 bridgehead atoms. The molecule has 4 rings (SSSR count). The molecule has 0 amide bonds. The third-order valence-electron chi connectivity index (χ3n) is 4.57. The van der Waals surface area contributed by atoms with Crippen LogP contribution in [0.15, 0.2) is 53.7 Å². The van der Waals surface area contributed by atoms with E-state index in [9.17, 15) is 9.18 Å². The predicted octanol–water partition coefficient (Wildman–Crippen LogP) is 3.98. The van der Waals surface area contributed by atoms with Gasteiger partial charge in [0.15, 0.2) is 0 Å². The van der Waals surface area contributed by atoms with Crippen molar-refractivity contribution in [3.05, 3.63) is 87.2 Å². The van der Waals surface area contributed by atoms with E-state index in [0.717, 1.165) is 0 Å².